The molecule has 0 unspecified atom stereocenters. The molecule has 0 spiro atoms. The van der Waals surface area contributed by atoms with Gasteiger partial charge in [0.25, 0.3) is 0 Å². The molecule has 0 bridgehead atoms. The predicted octanol–water partition coefficient (Wildman–Crippen LogP) is 2.49. The SMILES string of the molecule is CCCNCC(=O)c1ccc(C)c(C)c1. The third-order valence-electron chi connectivity index (χ3n) is 2.54. The summed E-state index contributed by atoms with van der Waals surface area (Å²) in [4.78, 5) is 11.7. The molecule has 0 fully saturated rings. The molecular formula is C13H19NO. The van der Waals surface area contributed by atoms with Gasteiger partial charge in [-0.3, -0.25) is 4.79 Å². The molecule has 0 aliphatic rings. The number of hydrogen-bond donors (Lipinski definition) is 1. The van der Waals surface area contributed by atoms with Gasteiger partial charge in [0.2, 0.25) is 0 Å². The maximum absolute atomic E-state index is 11.7. The number of aryl methyl sites for hydroxylation is 2. The van der Waals surface area contributed by atoms with Gasteiger partial charge in [-0.25, -0.2) is 0 Å². The zero-order valence-corrected chi connectivity index (χ0v) is 9.76. The number of hydrogen-bond acceptors (Lipinski definition) is 2. The van der Waals surface area contributed by atoms with E-state index in [1.807, 2.05) is 25.1 Å². The lowest BCUT2D eigenvalue weighted by Crippen LogP contribution is -2.23. The summed E-state index contributed by atoms with van der Waals surface area (Å²) < 4.78 is 0. The Morgan fingerprint density at radius 1 is 1.27 bits per heavy atom. The van der Waals surface area contributed by atoms with Crippen LogP contribution < -0.4 is 5.32 Å². The van der Waals surface area contributed by atoms with E-state index in [0.717, 1.165) is 18.5 Å². The van der Waals surface area contributed by atoms with Gasteiger partial charge in [-0.05, 0) is 44.0 Å². The Morgan fingerprint density at radius 3 is 2.60 bits per heavy atom. The van der Waals surface area contributed by atoms with Crippen molar-refractivity contribution in [3.8, 4) is 0 Å². The van der Waals surface area contributed by atoms with Crippen LogP contribution in [0.3, 0.4) is 0 Å². The molecule has 1 N–H and O–H groups in total. The third kappa shape index (κ3) is 3.48. The molecule has 0 heterocycles. The van der Waals surface area contributed by atoms with E-state index in [-0.39, 0.29) is 5.78 Å². The minimum Gasteiger partial charge on any atom is -0.310 e. The van der Waals surface area contributed by atoms with Gasteiger partial charge in [0.15, 0.2) is 5.78 Å². The van der Waals surface area contributed by atoms with Crippen molar-refractivity contribution in [2.45, 2.75) is 27.2 Å². The van der Waals surface area contributed by atoms with Crippen LogP contribution in [0.15, 0.2) is 18.2 Å². The minimum absolute atomic E-state index is 0.173. The first-order chi connectivity index (χ1) is 7.15. The molecule has 0 aromatic heterocycles. The number of carbonyl (C=O) groups excluding carboxylic acids is 1. The Hall–Kier alpha value is -1.15. The van der Waals surface area contributed by atoms with E-state index in [1.54, 1.807) is 0 Å². The van der Waals surface area contributed by atoms with Gasteiger partial charge in [0, 0.05) is 5.56 Å². The number of Topliss-reactive ketones (excluding diaryl/α,β-unsaturated/α-hetero) is 1. The molecule has 0 saturated heterocycles. The van der Waals surface area contributed by atoms with Crippen molar-refractivity contribution in [2.24, 2.45) is 0 Å². The summed E-state index contributed by atoms with van der Waals surface area (Å²) in [5, 5.41) is 3.12. The number of rotatable bonds is 5. The van der Waals surface area contributed by atoms with E-state index < -0.39 is 0 Å². The van der Waals surface area contributed by atoms with Crippen LogP contribution in [-0.4, -0.2) is 18.9 Å². The molecule has 82 valence electrons. The van der Waals surface area contributed by atoms with Crippen LogP contribution in [0.5, 0.6) is 0 Å². The Kier molecular flexibility index (Phi) is 4.50. The fraction of sp³-hybridized carbons (Fsp3) is 0.462. The molecule has 0 aliphatic carbocycles. The molecule has 0 saturated carbocycles. The first kappa shape index (κ1) is 11.9. The maximum Gasteiger partial charge on any atom is 0.176 e. The Labute approximate surface area is 91.7 Å². The summed E-state index contributed by atoms with van der Waals surface area (Å²) in [6.45, 7) is 7.52. The molecule has 2 nitrogen and oxygen atoms in total. The van der Waals surface area contributed by atoms with Gasteiger partial charge in [-0.1, -0.05) is 19.1 Å². The number of nitrogens with one attached hydrogen (secondary N) is 1. The van der Waals surface area contributed by atoms with Crippen LogP contribution in [0, 0.1) is 13.8 Å². The van der Waals surface area contributed by atoms with Crippen molar-refractivity contribution in [3.63, 3.8) is 0 Å². The van der Waals surface area contributed by atoms with Crippen molar-refractivity contribution in [2.75, 3.05) is 13.1 Å². The summed E-state index contributed by atoms with van der Waals surface area (Å²) in [7, 11) is 0. The van der Waals surface area contributed by atoms with Crippen molar-refractivity contribution in [1.29, 1.82) is 0 Å². The molecule has 0 radical (unpaired) electrons. The maximum atomic E-state index is 11.7. The highest BCUT2D eigenvalue weighted by molar-refractivity contribution is 5.97. The molecule has 15 heavy (non-hydrogen) atoms. The second-order valence-corrected chi connectivity index (χ2v) is 3.90. The fourth-order valence-corrected chi connectivity index (χ4v) is 1.40. The molecule has 0 atom stereocenters. The van der Waals surface area contributed by atoms with Gasteiger partial charge < -0.3 is 5.32 Å². The topological polar surface area (TPSA) is 29.1 Å². The number of carbonyl (C=O) groups is 1. The first-order valence-corrected chi connectivity index (χ1v) is 5.46. The fourth-order valence-electron chi connectivity index (χ4n) is 1.40. The Balaban J connectivity index is 2.62. The van der Waals surface area contributed by atoms with Gasteiger partial charge in [-0.15, -0.1) is 0 Å². The van der Waals surface area contributed by atoms with Gasteiger partial charge in [-0.2, -0.15) is 0 Å². The largest absolute Gasteiger partial charge is 0.310 e. The highest BCUT2D eigenvalue weighted by Gasteiger charge is 2.05. The van der Waals surface area contributed by atoms with Crippen LogP contribution in [0.1, 0.15) is 34.8 Å². The van der Waals surface area contributed by atoms with Gasteiger partial charge >= 0.3 is 0 Å². The minimum atomic E-state index is 0.173. The van der Waals surface area contributed by atoms with E-state index in [0.29, 0.717) is 6.54 Å². The van der Waals surface area contributed by atoms with E-state index >= 15 is 0 Å². The summed E-state index contributed by atoms with van der Waals surface area (Å²) in [6.07, 6.45) is 1.06. The lowest BCUT2D eigenvalue weighted by Gasteiger charge is -2.05. The molecule has 0 aliphatic heterocycles. The van der Waals surface area contributed by atoms with Crippen molar-refractivity contribution in [3.05, 3.63) is 34.9 Å². The molecule has 1 aromatic carbocycles. The summed E-state index contributed by atoms with van der Waals surface area (Å²) in [5.74, 6) is 0.173. The smallest absolute Gasteiger partial charge is 0.176 e. The lowest BCUT2D eigenvalue weighted by atomic mass is 10.0. The first-order valence-electron chi connectivity index (χ1n) is 5.46. The normalized spacial score (nSPS) is 10.3. The van der Waals surface area contributed by atoms with Crippen LogP contribution in [0.2, 0.25) is 0 Å². The summed E-state index contributed by atoms with van der Waals surface area (Å²) in [6, 6.07) is 5.87. The molecule has 2 heteroatoms. The number of benzene rings is 1. The van der Waals surface area contributed by atoms with Crippen LogP contribution in [-0.2, 0) is 0 Å². The van der Waals surface area contributed by atoms with E-state index in [9.17, 15) is 4.79 Å². The average molecular weight is 205 g/mol. The van der Waals surface area contributed by atoms with E-state index in [2.05, 4.69) is 19.2 Å². The molecule has 1 rings (SSSR count). The highest BCUT2D eigenvalue weighted by Crippen LogP contribution is 2.09. The third-order valence-corrected chi connectivity index (χ3v) is 2.54. The summed E-state index contributed by atoms with van der Waals surface area (Å²) >= 11 is 0. The monoisotopic (exact) mass is 205 g/mol. The second-order valence-electron chi connectivity index (χ2n) is 3.90. The summed E-state index contributed by atoms with van der Waals surface area (Å²) in [5.41, 5.74) is 3.21. The Morgan fingerprint density at radius 2 is 2.00 bits per heavy atom. The van der Waals surface area contributed by atoms with Crippen LogP contribution in [0.25, 0.3) is 0 Å². The van der Waals surface area contributed by atoms with E-state index in [4.69, 9.17) is 0 Å². The quantitative estimate of drug-likeness (QED) is 0.591. The zero-order valence-electron chi connectivity index (χ0n) is 9.76. The van der Waals surface area contributed by atoms with Crippen LogP contribution >= 0.6 is 0 Å². The van der Waals surface area contributed by atoms with Crippen LogP contribution in [0.4, 0.5) is 0 Å². The average Bonchev–Trinajstić information content (AvgIpc) is 2.22. The van der Waals surface area contributed by atoms with E-state index in [1.165, 1.54) is 11.1 Å². The van der Waals surface area contributed by atoms with Gasteiger partial charge in [0.1, 0.15) is 0 Å². The molecule has 1 aromatic rings. The van der Waals surface area contributed by atoms with Crippen molar-refractivity contribution in [1.82, 2.24) is 5.32 Å². The standard InChI is InChI=1S/C13H19NO/c1-4-7-14-9-13(15)12-6-5-10(2)11(3)8-12/h5-6,8,14H,4,7,9H2,1-3H3. The second kappa shape index (κ2) is 5.66. The van der Waals surface area contributed by atoms with Crippen molar-refractivity contribution >= 4 is 5.78 Å². The Bertz CT molecular complexity index is 344. The van der Waals surface area contributed by atoms with Crippen molar-refractivity contribution < 1.29 is 4.79 Å². The van der Waals surface area contributed by atoms with Gasteiger partial charge in [0.05, 0.1) is 6.54 Å². The number of ketones is 1. The highest BCUT2D eigenvalue weighted by atomic mass is 16.1. The molecule has 0 amide bonds. The lowest BCUT2D eigenvalue weighted by molar-refractivity contribution is 0.0991. The predicted molar refractivity (Wildman–Crippen MR) is 63.4 cm³/mol. The zero-order chi connectivity index (χ0) is 11.3. The molecular weight excluding hydrogens is 186 g/mol.